The molecule has 0 fully saturated rings. The zero-order chi connectivity index (χ0) is 42.1. The molecule has 326 valence electrons. The minimum atomic E-state index is -2.37. The molecule has 0 spiro atoms. The minimum Gasteiger partial charge on any atom is -0.420 e. The van der Waals surface area contributed by atoms with E-state index in [2.05, 4.69) is 26.0 Å². The summed E-state index contributed by atoms with van der Waals surface area (Å²) >= 11 is 0. The molecule has 1 aromatic rings. The summed E-state index contributed by atoms with van der Waals surface area (Å²) in [4.78, 5) is 59.4. The first kappa shape index (κ1) is 51.0. The van der Waals surface area contributed by atoms with E-state index in [4.69, 9.17) is 34.2 Å². The number of ether oxygens (including phenoxy) is 7. The van der Waals surface area contributed by atoms with Gasteiger partial charge in [0, 0.05) is 39.0 Å². The van der Waals surface area contributed by atoms with Gasteiger partial charge >= 0.3 is 5.97 Å². The van der Waals surface area contributed by atoms with Crippen molar-refractivity contribution in [2.24, 2.45) is 5.73 Å². The van der Waals surface area contributed by atoms with Crippen LogP contribution in [-0.2, 0) is 52.4 Å². The quantitative estimate of drug-likeness (QED) is 0.0119. The molecule has 6 N–H and O–H groups in total. The Morgan fingerprint density at radius 1 is 0.561 bits per heavy atom. The summed E-state index contributed by atoms with van der Waals surface area (Å²) in [5.74, 6) is -15.2. The molecule has 1 unspecified atom stereocenters. The Kier molecular flexibility index (Phi) is 29.5. The molecule has 17 nitrogen and oxygen atoms in total. The van der Waals surface area contributed by atoms with Crippen LogP contribution in [0.2, 0.25) is 0 Å². The number of hydrogen-bond acceptors (Lipinski definition) is 13. The van der Waals surface area contributed by atoms with E-state index in [0.717, 1.165) is 0 Å². The summed E-state index contributed by atoms with van der Waals surface area (Å²) in [5, 5.41) is 10.7. The SMILES string of the molecule is NCCOCCOCCC(=O)NCCCCC(NC(=O)CCCNC=O)C(=O)NCCOCCOCCOCCOCCC(=O)Oc1c(F)c(F)c(F)c(F)c1F. The molecule has 22 heteroatoms. The van der Waals surface area contributed by atoms with Gasteiger partial charge in [-0.2, -0.15) is 8.78 Å². The maximum absolute atomic E-state index is 13.6. The van der Waals surface area contributed by atoms with Crippen LogP contribution in [0.25, 0.3) is 0 Å². The molecule has 0 aliphatic rings. The van der Waals surface area contributed by atoms with Crippen molar-refractivity contribution in [3.05, 3.63) is 29.1 Å². The van der Waals surface area contributed by atoms with Gasteiger partial charge in [0.15, 0.2) is 0 Å². The highest BCUT2D eigenvalue weighted by Crippen LogP contribution is 2.29. The minimum absolute atomic E-state index is 0.0243. The molecule has 57 heavy (non-hydrogen) atoms. The van der Waals surface area contributed by atoms with Crippen LogP contribution in [0, 0.1) is 29.1 Å². The van der Waals surface area contributed by atoms with Crippen molar-refractivity contribution < 1.29 is 79.1 Å². The number of carbonyl (C=O) groups is 5. The summed E-state index contributed by atoms with van der Waals surface area (Å²) in [6.07, 6.45) is 2.18. The van der Waals surface area contributed by atoms with Gasteiger partial charge in [-0.05, 0) is 25.7 Å². The van der Waals surface area contributed by atoms with Gasteiger partial charge in [-0.3, -0.25) is 24.0 Å². The van der Waals surface area contributed by atoms with Crippen LogP contribution in [0.1, 0.15) is 44.9 Å². The summed E-state index contributed by atoms with van der Waals surface area (Å²) < 4.78 is 103. The zero-order valence-electron chi connectivity index (χ0n) is 31.8. The predicted octanol–water partition coefficient (Wildman–Crippen LogP) is 0.540. The van der Waals surface area contributed by atoms with Crippen molar-refractivity contribution in [3.8, 4) is 5.75 Å². The molecule has 0 aliphatic heterocycles. The van der Waals surface area contributed by atoms with Crippen molar-refractivity contribution in [1.82, 2.24) is 21.3 Å². The van der Waals surface area contributed by atoms with Crippen molar-refractivity contribution in [2.45, 2.75) is 51.0 Å². The van der Waals surface area contributed by atoms with Crippen LogP contribution in [0.4, 0.5) is 22.0 Å². The van der Waals surface area contributed by atoms with Gasteiger partial charge in [0.2, 0.25) is 59.0 Å². The molecule has 0 aromatic heterocycles. The molecule has 0 saturated heterocycles. The number of benzene rings is 1. The van der Waals surface area contributed by atoms with E-state index >= 15 is 0 Å². The number of halogens is 5. The summed E-state index contributed by atoms with van der Waals surface area (Å²) in [6.45, 7) is 3.66. The number of unbranched alkanes of at least 4 members (excludes halogenated alkanes) is 1. The van der Waals surface area contributed by atoms with Crippen molar-refractivity contribution >= 4 is 30.1 Å². The van der Waals surface area contributed by atoms with Gasteiger partial charge in [-0.1, -0.05) is 0 Å². The molecule has 0 radical (unpaired) electrons. The molecule has 0 saturated carbocycles. The van der Waals surface area contributed by atoms with E-state index in [1.807, 2.05) is 0 Å². The molecule has 1 aromatic carbocycles. The van der Waals surface area contributed by atoms with Gasteiger partial charge in [-0.25, -0.2) is 13.2 Å². The first-order valence-corrected chi connectivity index (χ1v) is 18.4. The average molecular weight is 832 g/mol. The van der Waals surface area contributed by atoms with E-state index in [1.165, 1.54) is 0 Å². The van der Waals surface area contributed by atoms with Gasteiger partial charge in [0.1, 0.15) is 6.04 Å². The number of nitrogens with one attached hydrogen (secondary N) is 4. The first-order valence-electron chi connectivity index (χ1n) is 18.4. The third-order valence-electron chi connectivity index (χ3n) is 7.31. The fourth-order valence-electron chi connectivity index (χ4n) is 4.43. The van der Waals surface area contributed by atoms with Gasteiger partial charge in [0.25, 0.3) is 0 Å². The lowest BCUT2D eigenvalue weighted by Gasteiger charge is -2.19. The van der Waals surface area contributed by atoms with Crippen molar-refractivity contribution in [2.75, 3.05) is 105 Å². The fourth-order valence-corrected chi connectivity index (χ4v) is 4.43. The summed E-state index contributed by atoms with van der Waals surface area (Å²) in [7, 11) is 0. The second-order valence-corrected chi connectivity index (χ2v) is 11.8. The van der Waals surface area contributed by atoms with Crippen LogP contribution in [-0.4, -0.2) is 142 Å². The number of hydrogen-bond donors (Lipinski definition) is 5. The lowest BCUT2D eigenvalue weighted by molar-refractivity contribution is -0.136. The first-order chi connectivity index (χ1) is 27.5. The Labute approximate surface area is 327 Å². The third kappa shape index (κ3) is 24.3. The third-order valence-corrected chi connectivity index (χ3v) is 7.31. The number of nitrogens with two attached hydrogens (primary N) is 1. The van der Waals surface area contributed by atoms with E-state index < -0.39 is 59.2 Å². The predicted molar refractivity (Wildman–Crippen MR) is 190 cm³/mol. The van der Waals surface area contributed by atoms with Gasteiger partial charge < -0.3 is 60.2 Å². The number of carbonyl (C=O) groups excluding carboxylic acids is 5. The highest BCUT2D eigenvalue weighted by molar-refractivity contribution is 5.87. The van der Waals surface area contributed by atoms with E-state index in [-0.39, 0.29) is 90.7 Å². The maximum atomic E-state index is 13.6. The normalized spacial score (nSPS) is 11.5. The Morgan fingerprint density at radius 3 is 1.67 bits per heavy atom. The van der Waals surface area contributed by atoms with Crippen molar-refractivity contribution in [3.63, 3.8) is 0 Å². The van der Waals surface area contributed by atoms with E-state index in [0.29, 0.717) is 71.5 Å². The average Bonchev–Trinajstić information content (AvgIpc) is 3.20. The monoisotopic (exact) mass is 831 g/mol. The van der Waals surface area contributed by atoms with Crippen LogP contribution >= 0.6 is 0 Å². The smallest absolute Gasteiger partial charge is 0.313 e. The summed E-state index contributed by atoms with van der Waals surface area (Å²) in [6, 6.07) is -0.809. The number of amides is 4. The summed E-state index contributed by atoms with van der Waals surface area (Å²) in [5.41, 5.74) is 5.33. The van der Waals surface area contributed by atoms with E-state index in [9.17, 15) is 45.9 Å². The topological polar surface area (TPSA) is 224 Å². The van der Waals surface area contributed by atoms with Crippen LogP contribution in [0.3, 0.4) is 0 Å². The largest absolute Gasteiger partial charge is 0.420 e. The van der Waals surface area contributed by atoms with Crippen LogP contribution < -0.4 is 31.7 Å². The Hall–Kier alpha value is -4.06. The molecule has 1 rings (SSSR count). The van der Waals surface area contributed by atoms with E-state index in [1.54, 1.807) is 0 Å². The molecule has 4 amide bonds. The molecule has 0 aliphatic carbocycles. The van der Waals surface area contributed by atoms with Crippen molar-refractivity contribution in [1.29, 1.82) is 0 Å². The number of esters is 1. The highest BCUT2D eigenvalue weighted by atomic mass is 19.2. The molecular formula is C35H54F5N5O12. The second-order valence-electron chi connectivity index (χ2n) is 11.8. The molecule has 0 bridgehead atoms. The molecule has 1 atom stereocenters. The molecule has 0 heterocycles. The maximum Gasteiger partial charge on any atom is 0.313 e. The van der Waals surface area contributed by atoms with Gasteiger partial charge in [0.05, 0.1) is 85.7 Å². The highest BCUT2D eigenvalue weighted by Gasteiger charge is 2.28. The Balaban J connectivity index is 2.17. The second kappa shape index (κ2) is 33.0. The zero-order valence-corrected chi connectivity index (χ0v) is 31.8. The standard InChI is InChI=1S/C35H54F5N5O12/c36-29-30(37)32(39)34(33(40)31(29)38)57-28(49)7-13-52-17-20-55-22-23-56-21-19-54-15-11-44-35(50)25(45-27(48)5-3-9-42-24-46)4-1-2-10-43-26(47)6-12-51-16-18-53-14-8-41/h24-25H,1-23,41H2,(H,42,46)(H,43,47)(H,44,50)(H,45,48). The lowest BCUT2D eigenvalue weighted by Crippen LogP contribution is -2.47. The molecular weight excluding hydrogens is 777 g/mol. The van der Waals surface area contributed by atoms with Crippen LogP contribution in [0.15, 0.2) is 0 Å². The van der Waals surface area contributed by atoms with Gasteiger partial charge in [-0.15, -0.1) is 0 Å². The number of rotatable bonds is 36. The van der Waals surface area contributed by atoms with Crippen LogP contribution in [0.5, 0.6) is 5.75 Å². The lowest BCUT2D eigenvalue weighted by atomic mass is 10.1. The Morgan fingerprint density at radius 2 is 1.09 bits per heavy atom. The Bertz CT molecular complexity index is 1310. The fraction of sp³-hybridized carbons (Fsp3) is 0.686.